The lowest BCUT2D eigenvalue weighted by molar-refractivity contribution is -0.174. The summed E-state index contributed by atoms with van der Waals surface area (Å²) >= 11 is 0. The van der Waals surface area contributed by atoms with Gasteiger partial charge in [0.05, 0.1) is 40.7 Å². The van der Waals surface area contributed by atoms with Crippen molar-refractivity contribution < 1.29 is 22.7 Å². The zero-order chi connectivity index (χ0) is 35.7. The van der Waals surface area contributed by atoms with Crippen LogP contribution in [0.5, 0.6) is 11.6 Å². The van der Waals surface area contributed by atoms with Gasteiger partial charge in [0, 0.05) is 23.1 Å². The van der Waals surface area contributed by atoms with Crippen LogP contribution in [0.1, 0.15) is 92.5 Å². The molecule has 2 aromatic carbocycles. The molecule has 12 heteroatoms. The van der Waals surface area contributed by atoms with Gasteiger partial charge in [0.1, 0.15) is 12.4 Å². The molecule has 4 aliphatic carbocycles. The van der Waals surface area contributed by atoms with E-state index in [0.29, 0.717) is 29.6 Å². The zero-order valence-electron chi connectivity index (χ0n) is 29.7. The number of fused-ring (bicyclic) bond motifs is 4. The van der Waals surface area contributed by atoms with Gasteiger partial charge < -0.3 is 14.4 Å². The van der Waals surface area contributed by atoms with Crippen molar-refractivity contribution in [3.8, 4) is 22.9 Å². The predicted molar refractivity (Wildman–Crippen MR) is 192 cm³/mol. The molecule has 0 saturated heterocycles. The summed E-state index contributed by atoms with van der Waals surface area (Å²) in [6.07, 6.45) is 9.25. The van der Waals surface area contributed by atoms with Crippen LogP contribution in [-0.2, 0) is 10.0 Å². The molecular weight excluding hydrogens is 665 g/mol. The summed E-state index contributed by atoms with van der Waals surface area (Å²) in [6.45, 7) is 10.6. The molecule has 51 heavy (non-hydrogen) atoms. The Hall–Kier alpha value is -4.58. The fourth-order valence-corrected chi connectivity index (χ4v) is 9.32. The molecule has 1 aliphatic heterocycles. The number of carbonyl (C=O) groups excluding carboxylic acids is 1. The molecule has 0 radical (unpaired) electrons. The van der Waals surface area contributed by atoms with Gasteiger partial charge in [-0.25, -0.2) is 28.1 Å². The highest BCUT2D eigenvalue weighted by molar-refractivity contribution is 7.92. The van der Waals surface area contributed by atoms with Crippen LogP contribution in [0.15, 0.2) is 65.8 Å². The van der Waals surface area contributed by atoms with E-state index < -0.39 is 15.6 Å². The molecule has 1 N–H and O–H groups in total. The summed E-state index contributed by atoms with van der Waals surface area (Å²) in [6, 6.07) is 13.5. The van der Waals surface area contributed by atoms with Gasteiger partial charge in [-0.1, -0.05) is 45.0 Å². The number of hydrogen-bond acceptors (Lipinski definition) is 9. The molecule has 266 valence electrons. The molecule has 2 atom stereocenters. The van der Waals surface area contributed by atoms with Gasteiger partial charge in [-0.15, -0.1) is 0 Å². The SMILES string of the molecule is Cc1cccc(C)c1-c1cc2nc(n1)NS(=O)(=O)c1cccc(c1)C(=O)N(C13CC(C1)C3c1ncc(OC3CCC3)cn1)[C@H](CC(C)(C)C)CO2. The van der Waals surface area contributed by atoms with E-state index in [4.69, 9.17) is 19.4 Å². The van der Waals surface area contributed by atoms with E-state index in [9.17, 15) is 13.2 Å². The van der Waals surface area contributed by atoms with Crippen molar-refractivity contribution in [2.24, 2.45) is 11.3 Å². The van der Waals surface area contributed by atoms with Gasteiger partial charge in [0.25, 0.3) is 15.9 Å². The molecule has 4 aromatic rings. The Balaban J connectivity index is 1.23. The number of sulfonamides is 1. The molecule has 4 saturated carbocycles. The maximum Gasteiger partial charge on any atom is 0.264 e. The van der Waals surface area contributed by atoms with E-state index in [0.717, 1.165) is 42.4 Å². The lowest BCUT2D eigenvalue weighted by atomic mass is 9.41. The van der Waals surface area contributed by atoms with Crippen LogP contribution in [0.25, 0.3) is 11.3 Å². The Kier molecular flexibility index (Phi) is 8.08. The maximum atomic E-state index is 14.9. The van der Waals surface area contributed by atoms with E-state index in [1.807, 2.05) is 36.9 Å². The first-order valence-corrected chi connectivity index (χ1v) is 19.3. The average molecular weight is 709 g/mol. The van der Waals surface area contributed by atoms with Gasteiger partial charge in [0.15, 0.2) is 5.75 Å². The second-order valence-corrected chi connectivity index (χ2v) is 17.6. The number of aromatic nitrogens is 4. The second-order valence-electron chi connectivity index (χ2n) is 15.9. The Labute approximate surface area is 299 Å². The van der Waals surface area contributed by atoms with Crippen LogP contribution < -0.4 is 14.2 Å². The highest BCUT2D eigenvalue weighted by Crippen LogP contribution is 2.69. The van der Waals surface area contributed by atoms with E-state index in [2.05, 4.69) is 35.5 Å². The average Bonchev–Trinajstić information content (AvgIpc) is 3.02. The molecule has 9 rings (SSSR count). The third-order valence-corrected chi connectivity index (χ3v) is 12.3. The molecule has 1 unspecified atom stereocenters. The summed E-state index contributed by atoms with van der Waals surface area (Å²) in [4.78, 5) is 35.6. The molecule has 2 aromatic heterocycles. The fourth-order valence-electron chi connectivity index (χ4n) is 8.33. The van der Waals surface area contributed by atoms with E-state index >= 15 is 0 Å². The molecule has 11 nitrogen and oxygen atoms in total. The molecular formula is C39H44N6O5S. The minimum Gasteiger partial charge on any atom is -0.487 e. The summed E-state index contributed by atoms with van der Waals surface area (Å²) < 4.78 is 42.8. The van der Waals surface area contributed by atoms with Crippen molar-refractivity contribution >= 4 is 21.9 Å². The number of nitrogens with one attached hydrogen (secondary N) is 1. The summed E-state index contributed by atoms with van der Waals surface area (Å²) in [5.41, 5.74) is 2.95. The number of aryl methyl sites for hydroxylation is 2. The number of rotatable bonds is 6. The third kappa shape index (κ3) is 6.11. The molecule has 0 spiro atoms. The zero-order valence-corrected chi connectivity index (χ0v) is 30.5. The van der Waals surface area contributed by atoms with Crippen molar-refractivity contribution in [1.29, 1.82) is 0 Å². The largest absolute Gasteiger partial charge is 0.487 e. The first-order chi connectivity index (χ1) is 24.3. The Morgan fingerprint density at radius 2 is 1.71 bits per heavy atom. The van der Waals surface area contributed by atoms with Gasteiger partial charge in [-0.3, -0.25) is 4.79 Å². The summed E-state index contributed by atoms with van der Waals surface area (Å²) in [5, 5.41) is 0. The van der Waals surface area contributed by atoms with Crippen LogP contribution >= 0.6 is 0 Å². The van der Waals surface area contributed by atoms with E-state index in [-0.39, 0.29) is 58.3 Å². The Bertz CT molecular complexity index is 2090. The monoisotopic (exact) mass is 708 g/mol. The molecule has 3 heterocycles. The number of ether oxygens (including phenoxy) is 2. The molecule has 6 bridgehead atoms. The fraction of sp³-hybridized carbons (Fsp3) is 0.462. The highest BCUT2D eigenvalue weighted by atomic mass is 32.2. The smallest absolute Gasteiger partial charge is 0.264 e. The Morgan fingerprint density at radius 3 is 2.33 bits per heavy atom. The number of hydrogen-bond donors (Lipinski definition) is 1. The van der Waals surface area contributed by atoms with Crippen LogP contribution in [0.3, 0.4) is 0 Å². The lowest BCUT2D eigenvalue weighted by Gasteiger charge is -2.72. The summed E-state index contributed by atoms with van der Waals surface area (Å²) in [5.74, 6) is 1.52. The van der Waals surface area contributed by atoms with Crippen molar-refractivity contribution in [3.63, 3.8) is 0 Å². The van der Waals surface area contributed by atoms with Crippen molar-refractivity contribution in [2.45, 2.75) is 102 Å². The van der Waals surface area contributed by atoms with E-state index in [1.54, 1.807) is 30.6 Å². The standard InChI is InChI=1S/C39H44N6O5S/c1-23-9-6-10-24(2)33(23)31-16-32-43-37(42-31)44-51(47,48)30-14-7-11-25(15-30)36(46)45(27(22-49-32)19-38(3,4)5)39-17-26(18-39)34(39)35-40-20-29(21-41-35)50-28-12-8-13-28/h6-7,9-11,14-16,20-21,26-28,34H,8,12-13,17-19,22H2,1-5H3,(H,42,43,44)/t26?,27-,34?,39?/m1/s1. The number of amides is 1. The van der Waals surface area contributed by atoms with Crippen LogP contribution in [0, 0.1) is 25.2 Å². The first kappa shape index (κ1) is 33.6. The van der Waals surface area contributed by atoms with E-state index in [1.165, 1.54) is 18.6 Å². The minimum absolute atomic E-state index is 0.0528. The van der Waals surface area contributed by atoms with Gasteiger partial charge >= 0.3 is 0 Å². The molecule has 4 fully saturated rings. The van der Waals surface area contributed by atoms with Gasteiger partial charge in [0.2, 0.25) is 11.8 Å². The lowest BCUT2D eigenvalue weighted by Crippen LogP contribution is -2.77. The number of carbonyl (C=O) groups is 1. The van der Waals surface area contributed by atoms with Crippen molar-refractivity contribution in [3.05, 3.63) is 83.4 Å². The number of nitrogens with zero attached hydrogens (tertiary/aromatic N) is 5. The van der Waals surface area contributed by atoms with Crippen molar-refractivity contribution in [2.75, 3.05) is 11.3 Å². The topological polar surface area (TPSA) is 136 Å². The van der Waals surface area contributed by atoms with Gasteiger partial charge in [-0.2, -0.15) is 4.98 Å². The quantitative estimate of drug-likeness (QED) is 0.228. The molecule has 1 amide bonds. The number of benzene rings is 2. The first-order valence-electron chi connectivity index (χ1n) is 17.8. The van der Waals surface area contributed by atoms with Gasteiger partial charge in [-0.05, 0) is 93.0 Å². The Morgan fingerprint density at radius 1 is 1.00 bits per heavy atom. The normalized spacial score (nSPS) is 25.4. The summed E-state index contributed by atoms with van der Waals surface area (Å²) in [7, 11) is -4.18. The number of anilines is 1. The van der Waals surface area contributed by atoms with Crippen LogP contribution in [0.2, 0.25) is 0 Å². The minimum atomic E-state index is -4.18. The predicted octanol–water partition coefficient (Wildman–Crippen LogP) is 6.87. The third-order valence-electron chi connectivity index (χ3n) is 11.0. The maximum absolute atomic E-state index is 14.9. The molecule has 5 aliphatic rings. The van der Waals surface area contributed by atoms with Crippen LogP contribution in [-0.4, -0.2) is 63.5 Å². The van der Waals surface area contributed by atoms with Crippen LogP contribution in [0.4, 0.5) is 5.95 Å². The highest BCUT2D eigenvalue weighted by Gasteiger charge is 2.71. The van der Waals surface area contributed by atoms with Crippen molar-refractivity contribution in [1.82, 2.24) is 24.8 Å². The second kappa shape index (κ2) is 12.3.